The third-order valence-corrected chi connectivity index (χ3v) is 4.45. The molecule has 2 heterocycles. The minimum Gasteiger partial charge on any atom is -0.486 e. The fraction of sp³-hybridized carbons (Fsp3) is 0.238. The van der Waals surface area contributed by atoms with Crippen molar-refractivity contribution < 1.29 is 18.3 Å². The van der Waals surface area contributed by atoms with Crippen LogP contribution in [0.15, 0.2) is 59.0 Å². The lowest BCUT2D eigenvalue weighted by molar-refractivity contribution is 0.171. The van der Waals surface area contributed by atoms with Gasteiger partial charge >= 0.3 is 0 Å². The minimum absolute atomic E-state index is 0.104. The van der Waals surface area contributed by atoms with Gasteiger partial charge in [0.15, 0.2) is 11.5 Å². The van der Waals surface area contributed by atoms with Crippen molar-refractivity contribution >= 4 is 0 Å². The van der Waals surface area contributed by atoms with Gasteiger partial charge in [-0.2, -0.15) is 0 Å². The van der Waals surface area contributed by atoms with Gasteiger partial charge in [-0.1, -0.05) is 18.2 Å². The molecule has 4 rings (SSSR count). The van der Waals surface area contributed by atoms with E-state index >= 15 is 0 Å². The van der Waals surface area contributed by atoms with E-state index in [0.29, 0.717) is 31.1 Å². The van der Waals surface area contributed by atoms with Crippen LogP contribution in [0, 0.1) is 5.82 Å². The lowest BCUT2D eigenvalue weighted by Gasteiger charge is -2.21. The van der Waals surface area contributed by atoms with Crippen LogP contribution in [0.25, 0.3) is 11.3 Å². The van der Waals surface area contributed by atoms with Gasteiger partial charge in [0.25, 0.3) is 0 Å². The zero-order valence-electron chi connectivity index (χ0n) is 14.5. The molecule has 0 saturated carbocycles. The van der Waals surface area contributed by atoms with E-state index in [1.807, 2.05) is 24.3 Å². The molecule has 0 unspecified atom stereocenters. The predicted octanol–water partition coefficient (Wildman–Crippen LogP) is 4.71. The number of nitrogens with one attached hydrogen (secondary N) is 1. The molecular weight excluding hydrogens is 333 g/mol. The molecule has 1 aliphatic rings. The quantitative estimate of drug-likeness (QED) is 0.722. The maximum Gasteiger partial charge on any atom is 0.161 e. The molecule has 1 aliphatic heterocycles. The topological polar surface area (TPSA) is 43.6 Å². The molecule has 0 amide bonds. The Bertz CT molecular complexity index is 906. The standard InChI is InChI=1S/C21H20FNO3/c1-14(15-6-8-20-21(12-15)25-11-10-24-20)23-13-16-7-9-19(26-16)17-4-2-3-5-18(17)22/h2-9,12,14,23H,10-11,13H2,1H3/t14-/m1/s1. The number of benzene rings is 2. The molecule has 2 aromatic carbocycles. The molecule has 5 heteroatoms. The van der Waals surface area contributed by atoms with E-state index in [9.17, 15) is 4.39 Å². The number of hydrogen-bond acceptors (Lipinski definition) is 4. The van der Waals surface area contributed by atoms with Gasteiger partial charge in [0.1, 0.15) is 30.6 Å². The Kier molecular flexibility index (Phi) is 4.63. The maximum absolute atomic E-state index is 13.9. The first-order valence-electron chi connectivity index (χ1n) is 8.67. The first-order chi connectivity index (χ1) is 12.7. The summed E-state index contributed by atoms with van der Waals surface area (Å²) in [5.41, 5.74) is 1.58. The van der Waals surface area contributed by atoms with E-state index in [4.69, 9.17) is 13.9 Å². The van der Waals surface area contributed by atoms with Crippen LogP contribution in [0.3, 0.4) is 0 Å². The third-order valence-electron chi connectivity index (χ3n) is 4.45. The van der Waals surface area contributed by atoms with Gasteiger partial charge < -0.3 is 19.2 Å². The Morgan fingerprint density at radius 3 is 2.65 bits per heavy atom. The molecule has 0 saturated heterocycles. The fourth-order valence-corrected chi connectivity index (χ4v) is 2.98. The first kappa shape index (κ1) is 16.7. The Balaban J connectivity index is 1.42. The van der Waals surface area contributed by atoms with Gasteiger partial charge in [-0.25, -0.2) is 4.39 Å². The SMILES string of the molecule is C[C@@H](NCc1ccc(-c2ccccc2F)o1)c1ccc2c(c1)OCCO2. The molecule has 0 fully saturated rings. The van der Waals surface area contributed by atoms with Crippen LogP contribution in [0.1, 0.15) is 24.3 Å². The second kappa shape index (κ2) is 7.22. The first-order valence-corrected chi connectivity index (χ1v) is 8.67. The normalized spacial score (nSPS) is 14.2. The Labute approximate surface area is 151 Å². The molecule has 1 atom stereocenters. The highest BCUT2D eigenvalue weighted by molar-refractivity contribution is 5.58. The number of rotatable bonds is 5. The number of hydrogen-bond donors (Lipinski definition) is 1. The number of ether oxygens (including phenoxy) is 2. The smallest absolute Gasteiger partial charge is 0.161 e. The Morgan fingerprint density at radius 1 is 1.00 bits per heavy atom. The highest BCUT2D eigenvalue weighted by Crippen LogP contribution is 2.32. The van der Waals surface area contributed by atoms with Crippen LogP contribution in [0.2, 0.25) is 0 Å². The van der Waals surface area contributed by atoms with Gasteiger partial charge in [-0.3, -0.25) is 0 Å². The van der Waals surface area contributed by atoms with Crippen molar-refractivity contribution in [1.82, 2.24) is 5.32 Å². The van der Waals surface area contributed by atoms with Gasteiger partial charge in [0, 0.05) is 6.04 Å². The van der Waals surface area contributed by atoms with Crippen molar-refractivity contribution in [2.24, 2.45) is 0 Å². The van der Waals surface area contributed by atoms with Crippen LogP contribution < -0.4 is 14.8 Å². The average Bonchev–Trinajstić information content (AvgIpc) is 3.15. The molecule has 0 radical (unpaired) electrons. The van der Waals surface area contributed by atoms with E-state index in [0.717, 1.165) is 22.8 Å². The van der Waals surface area contributed by atoms with Crippen LogP contribution in [-0.2, 0) is 6.54 Å². The molecule has 0 bridgehead atoms. The second-order valence-electron chi connectivity index (χ2n) is 6.25. The van der Waals surface area contributed by atoms with Gasteiger partial charge in [-0.15, -0.1) is 0 Å². The summed E-state index contributed by atoms with van der Waals surface area (Å²) in [6.07, 6.45) is 0. The second-order valence-corrected chi connectivity index (χ2v) is 6.25. The monoisotopic (exact) mass is 353 g/mol. The van der Waals surface area contributed by atoms with E-state index in [1.165, 1.54) is 6.07 Å². The van der Waals surface area contributed by atoms with Gasteiger partial charge in [0.2, 0.25) is 0 Å². The molecule has 134 valence electrons. The van der Waals surface area contributed by atoms with E-state index in [2.05, 4.69) is 12.2 Å². The minimum atomic E-state index is -0.286. The van der Waals surface area contributed by atoms with Gasteiger partial charge in [0.05, 0.1) is 12.1 Å². The lowest BCUT2D eigenvalue weighted by Crippen LogP contribution is -2.19. The molecule has 4 nitrogen and oxygen atoms in total. The number of halogens is 1. The zero-order chi connectivity index (χ0) is 17.9. The van der Waals surface area contributed by atoms with Crippen molar-refractivity contribution in [2.75, 3.05) is 13.2 Å². The van der Waals surface area contributed by atoms with E-state index in [-0.39, 0.29) is 11.9 Å². The summed E-state index contributed by atoms with van der Waals surface area (Å²) in [4.78, 5) is 0. The van der Waals surface area contributed by atoms with Crippen LogP contribution in [0.5, 0.6) is 11.5 Å². The molecule has 0 aliphatic carbocycles. The zero-order valence-corrected chi connectivity index (χ0v) is 14.5. The number of fused-ring (bicyclic) bond motifs is 1. The summed E-state index contributed by atoms with van der Waals surface area (Å²) >= 11 is 0. The molecule has 3 aromatic rings. The number of furan rings is 1. The molecule has 1 aromatic heterocycles. The van der Waals surface area contributed by atoms with Crippen molar-refractivity contribution in [2.45, 2.75) is 19.5 Å². The summed E-state index contributed by atoms with van der Waals surface area (Å²) in [6, 6.07) is 16.3. The third kappa shape index (κ3) is 3.44. The summed E-state index contributed by atoms with van der Waals surface area (Å²) in [5, 5.41) is 3.42. The van der Waals surface area contributed by atoms with E-state index in [1.54, 1.807) is 24.3 Å². The van der Waals surface area contributed by atoms with Gasteiger partial charge in [-0.05, 0) is 48.9 Å². The largest absolute Gasteiger partial charge is 0.486 e. The van der Waals surface area contributed by atoms with E-state index < -0.39 is 0 Å². The average molecular weight is 353 g/mol. The van der Waals surface area contributed by atoms with Crippen molar-refractivity contribution in [3.63, 3.8) is 0 Å². The van der Waals surface area contributed by atoms with Crippen LogP contribution in [-0.4, -0.2) is 13.2 Å². The fourth-order valence-electron chi connectivity index (χ4n) is 2.98. The summed E-state index contributed by atoms with van der Waals surface area (Å²) in [6.45, 7) is 3.78. The maximum atomic E-state index is 13.9. The van der Waals surface area contributed by atoms with Crippen LogP contribution in [0.4, 0.5) is 4.39 Å². The van der Waals surface area contributed by atoms with Crippen molar-refractivity contribution in [1.29, 1.82) is 0 Å². The molecule has 1 N–H and O–H groups in total. The lowest BCUT2D eigenvalue weighted by atomic mass is 10.1. The Hall–Kier alpha value is -2.79. The van der Waals surface area contributed by atoms with Crippen LogP contribution >= 0.6 is 0 Å². The van der Waals surface area contributed by atoms with Crippen molar-refractivity contribution in [3.05, 3.63) is 71.7 Å². The summed E-state index contributed by atoms with van der Waals surface area (Å²) < 4.78 is 30.8. The molecule has 26 heavy (non-hydrogen) atoms. The predicted molar refractivity (Wildman–Crippen MR) is 96.8 cm³/mol. The highest BCUT2D eigenvalue weighted by atomic mass is 19.1. The summed E-state index contributed by atoms with van der Waals surface area (Å²) in [5.74, 6) is 2.57. The van der Waals surface area contributed by atoms with Crippen molar-refractivity contribution in [3.8, 4) is 22.8 Å². The summed E-state index contributed by atoms with van der Waals surface area (Å²) in [7, 11) is 0. The molecule has 0 spiro atoms. The highest BCUT2D eigenvalue weighted by Gasteiger charge is 2.15. The molecular formula is C21H20FNO3. The Morgan fingerprint density at radius 2 is 1.81 bits per heavy atom.